The lowest BCUT2D eigenvalue weighted by atomic mass is 10.1. The molecule has 2 rings (SSSR count). The van der Waals surface area contributed by atoms with Gasteiger partial charge in [0.25, 0.3) is 5.91 Å². The number of H-pyrrole nitrogens is 1. The fourth-order valence-corrected chi connectivity index (χ4v) is 2.41. The van der Waals surface area contributed by atoms with Crippen molar-refractivity contribution in [2.75, 3.05) is 14.2 Å². The lowest BCUT2D eigenvalue weighted by Crippen LogP contribution is -2.13. The van der Waals surface area contributed by atoms with Crippen LogP contribution >= 0.6 is 0 Å². The molecule has 1 amide bonds. The van der Waals surface area contributed by atoms with Crippen LogP contribution in [0.25, 0.3) is 6.08 Å². The molecule has 0 fully saturated rings. The van der Waals surface area contributed by atoms with Gasteiger partial charge in [0.2, 0.25) is 0 Å². The van der Waals surface area contributed by atoms with Crippen molar-refractivity contribution in [2.24, 2.45) is 0 Å². The van der Waals surface area contributed by atoms with Crippen molar-refractivity contribution < 1.29 is 19.1 Å². The number of aromatic nitrogens is 1. The van der Waals surface area contributed by atoms with Crippen LogP contribution in [0.1, 0.15) is 37.1 Å². The maximum absolute atomic E-state index is 11.3. The molecule has 2 N–H and O–H groups in total. The van der Waals surface area contributed by atoms with E-state index >= 15 is 0 Å². The van der Waals surface area contributed by atoms with Gasteiger partial charge in [-0.25, -0.2) is 0 Å². The van der Waals surface area contributed by atoms with E-state index < -0.39 is 0 Å². The number of aromatic amines is 1. The van der Waals surface area contributed by atoms with Gasteiger partial charge in [-0.2, -0.15) is 0 Å². The molecule has 6 heteroatoms. The third-order valence-electron chi connectivity index (χ3n) is 3.63. The number of unbranched alkanes of at least 4 members (excludes halogenated alkanes) is 2. The van der Waals surface area contributed by atoms with Gasteiger partial charge in [-0.3, -0.25) is 9.59 Å². The van der Waals surface area contributed by atoms with E-state index in [1.807, 2.05) is 18.2 Å². The van der Waals surface area contributed by atoms with Crippen LogP contribution in [0.3, 0.4) is 0 Å². The van der Waals surface area contributed by atoms with Crippen LogP contribution in [0.5, 0.6) is 0 Å². The molecule has 0 aromatic carbocycles. The summed E-state index contributed by atoms with van der Waals surface area (Å²) >= 11 is 0. The van der Waals surface area contributed by atoms with Crippen LogP contribution < -0.4 is 5.32 Å². The first-order chi connectivity index (χ1) is 11.1. The van der Waals surface area contributed by atoms with E-state index in [4.69, 9.17) is 4.74 Å². The number of hydrogen-bond donors (Lipinski definition) is 2. The molecule has 1 aromatic rings. The van der Waals surface area contributed by atoms with Crippen LogP contribution in [0.15, 0.2) is 29.7 Å². The zero-order valence-electron chi connectivity index (χ0n) is 13.5. The number of methoxy groups -OCH3 is 2. The molecule has 23 heavy (non-hydrogen) atoms. The van der Waals surface area contributed by atoms with Crippen LogP contribution in [0.4, 0.5) is 0 Å². The second-order valence-electron chi connectivity index (χ2n) is 5.34. The maximum Gasteiger partial charge on any atom is 0.305 e. The van der Waals surface area contributed by atoms with Crippen molar-refractivity contribution in [1.82, 2.24) is 10.3 Å². The molecule has 0 atom stereocenters. The van der Waals surface area contributed by atoms with Crippen molar-refractivity contribution in [1.29, 1.82) is 0 Å². The van der Waals surface area contributed by atoms with Crippen molar-refractivity contribution in [3.8, 4) is 0 Å². The number of amides is 1. The van der Waals surface area contributed by atoms with Crippen LogP contribution in [0, 0.1) is 0 Å². The highest BCUT2D eigenvalue weighted by Gasteiger charge is 2.17. The van der Waals surface area contributed by atoms with Gasteiger partial charge in [-0.05, 0) is 37.5 Å². The van der Waals surface area contributed by atoms with Gasteiger partial charge in [-0.1, -0.05) is 6.42 Å². The summed E-state index contributed by atoms with van der Waals surface area (Å²) < 4.78 is 9.76. The molecule has 1 aliphatic heterocycles. The van der Waals surface area contributed by atoms with Crippen LogP contribution in [-0.4, -0.2) is 31.1 Å². The summed E-state index contributed by atoms with van der Waals surface area (Å²) in [4.78, 5) is 25.7. The molecule has 0 bridgehead atoms. The number of hydrogen-bond acceptors (Lipinski definition) is 4. The van der Waals surface area contributed by atoms with E-state index in [1.54, 1.807) is 0 Å². The van der Waals surface area contributed by atoms with E-state index in [1.165, 1.54) is 20.3 Å². The van der Waals surface area contributed by atoms with E-state index in [-0.39, 0.29) is 11.9 Å². The quantitative estimate of drug-likeness (QED) is 0.569. The third kappa shape index (κ3) is 5.02. The number of esters is 1. The van der Waals surface area contributed by atoms with E-state index in [2.05, 4.69) is 15.0 Å². The van der Waals surface area contributed by atoms with Gasteiger partial charge in [0.1, 0.15) is 5.76 Å². The van der Waals surface area contributed by atoms with Gasteiger partial charge in [-0.15, -0.1) is 0 Å². The van der Waals surface area contributed by atoms with Crippen LogP contribution in [0.2, 0.25) is 0 Å². The number of carbonyl (C=O) groups excluding carboxylic acids is 2. The minimum absolute atomic E-state index is 0.153. The number of nitrogens with one attached hydrogen (secondary N) is 2. The summed E-state index contributed by atoms with van der Waals surface area (Å²) in [5.74, 6) is 0.207. The Labute approximate surface area is 135 Å². The number of carbonyl (C=O) groups is 2. The van der Waals surface area contributed by atoms with Gasteiger partial charge in [0.15, 0.2) is 0 Å². The first kappa shape index (κ1) is 16.9. The number of rotatable bonds is 8. The van der Waals surface area contributed by atoms with Crippen LogP contribution in [-0.2, 0) is 25.5 Å². The summed E-state index contributed by atoms with van der Waals surface area (Å²) in [6.45, 7) is 0. The molecule has 0 saturated carbocycles. The van der Waals surface area contributed by atoms with Gasteiger partial charge in [0, 0.05) is 23.9 Å². The van der Waals surface area contributed by atoms with Gasteiger partial charge >= 0.3 is 5.97 Å². The molecule has 0 aliphatic carbocycles. The summed E-state index contributed by atoms with van der Waals surface area (Å²) in [6.07, 6.45) is 7.51. The van der Waals surface area contributed by atoms with Crippen molar-refractivity contribution in [2.45, 2.75) is 32.1 Å². The molecule has 0 radical (unpaired) electrons. The highest BCUT2D eigenvalue weighted by atomic mass is 16.5. The largest absolute Gasteiger partial charge is 0.494 e. The molecular weight excluding hydrogens is 296 g/mol. The second kappa shape index (κ2) is 8.22. The Morgan fingerprint density at radius 1 is 1.22 bits per heavy atom. The summed E-state index contributed by atoms with van der Waals surface area (Å²) in [7, 11) is 2.95. The minimum Gasteiger partial charge on any atom is -0.494 e. The molecular formula is C17H22N2O4. The predicted molar refractivity (Wildman–Crippen MR) is 86.2 cm³/mol. The average Bonchev–Trinajstić information content (AvgIpc) is 3.13. The molecule has 124 valence electrons. The summed E-state index contributed by atoms with van der Waals surface area (Å²) in [6, 6.07) is 3.99. The Hall–Kier alpha value is -2.50. The van der Waals surface area contributed by atoms with E-state index in [9.17, 15) is 9.59 Å². The number of ether oxygens (including phenoxy) is 2. The number of aryl methyl sites for hydroxylation is 1. The standard InChI is InChI=1S/C17H22N2O4/c1-22-15-11-16(20)19-14(15)10-13-9-8-12(18-13)6-4-3-5-7-17(21)23-2/h8-11,18H,3-7H2,1-2H3,(H,19,20)/b14-10-. The van der Waals surface area contributed by atoms with Crippen molar-refractivity contribution in [3.05, 3.63) is 41.1 Å². The molecule has 0 saturated heterocycles. The lowest BCUT2D eigenvalue weighted by molar-refractivity contribution is -0.140. The molecule has 6 nitrogen and oxygen atoms in total. The lowest BCUT2D eigenvalue weighted by Gasteiger charge is -2.03. The third-order valence-corrected chi connectivity index (χ3v) is 3.63. The first-order valence-electron chi connectivity index (χ1n) is 7.66. The fraction of sp³-hybridized carbons (Fsp3) is 0.412. The highest BCUT2D eigenvalue weighted by Crippen LogP contribution is 2.18. The van der Waals surface area contributed by atoms with Gasteiger partial charge in [0.05, 0.1) is 19.9 Å². The Morgan fingerprint density at radius 3 is 2.78 bits per heavy atom. The average molecular weight is 318 g/mol. The molecule has 0 spiro atoms. The van der Waals surface area contributed by atoms with Crippen molar-refractivity contribution in [3.63, 3.8) is 0 Å². The van der Waals surface area contributed by atoms with E-state index in [0.29, 0.717) is 17.9 Å². The van der Waals surface area contributed by atoms with Gasteiger partial charge < -0.3 is 19.8 Å². The predicted octanol–water partition coefficient (Wildman–Crippen LogP) is 2.29. The monoisotopic (exact) mass is 318 g/mol. The molecule has 0 unspecified atom stereocenters. The van der Waals surface area contributed by atoms with Crippen molar-refractivity contribution >= 4 is 18.0 Å². The second-order valence-corrected chi connectivity index (χ2v) is 5.34. The Morgan fingerprint density at radius 2 is 2.04 bits per heavy atom. The Kier molecular flexibility index (Phi) is 6.02. The zero-order chi connectivity index (χ0) is 16.7. The molecule has 1 aliphatic rings. The molecule has 2 heterocycles. The SMILES string of the molecule is COC(=O)CCCCCc1ccc(/C=C2\NC(=O)C=C2OC)[nH]1. The Bertz CT molecular complexity index is 628. The summed E-state index contributed by atoms with van der Waals surface area (Å²) in [5, 5.41) is 2.73. The zero-order valence-corrected chi connectivity index (χ0v) is 13.5. The molecule has 1 aromatic heterocycles. The Balaban J connectivity index is 1.81. The minimum atomic E-state index is -0.175. The first-order valence-corrected chi connectivity index (χ1v) is 7.66. The fourth-order valence-electron chi connectivity index (χ4n) is 2.41. The topological polar surface area (TPSA) is 80.4 Å². The summed E-state index contributed by atoms with van der Waals surface area (Å²) in [5.41, 5.74) is 2.70. The highest BCUT2D eigenvalue weighted by molar-refractivity contribution is 5.95. The van der Waals surface area contributed by atoms with E-state index in [0.717, 1.165) is 37.1 Å². The smallest absolute Gasteiger partial charge is 0.305 e. The maximum atomic E-state index is 11.3. The normalized spacial score (nSPS) is 15.5.